The van der Waals surface area contributed by atoms with Gasteiger partial charge in [-0.05, 0) is 48.5 Å². The number of aromatic nitrogens is 2. The zero-order valence-corrected chi connectivity index (χ0v) is 20.7. The van der Waals surface area contributed by atoms with Crippen molar-refractivity contribution < 1.29 is 26.4 Å². The molecule has 0 aliphatic heterocycles. The number of carbonyl (C=O) groups is 1. The molecule has 188 valence electrons. The van der Waals surface area contributed by atoms with E-state index in [0.717, 1.165) is 22.1 Å². The number of thiophene rings is 1. The SMILES string of the molecule is Cn1nc(C(F)(F)F)cc1-c1ccc(S(=O)(=O)Nc2ccc(NC(=O)Nc3ccccc3)c(Cl)c2)s1. The number of aryl methyl sites for hydroxylation is 1. The molecule has 0 spiro atoms. The molecule has 2 heterocycles. The van der Waals surface area contributed by atoms with Gasteiger partial charge in [-0.3, -0.25) is 9.40 Å². The van der Waals surface area contributed by atoms with E-state index in [9.17, 15) is 26.4 Å². The van der Waals surface area contributed by atoms with E-state index in [-0.39, 0.29) is 26.3 Å². The second-order valence-corrected chi connectivity index (χ2v) is 10.8. The van der Waals surface area contributed by atoms with Crippen LogP contribution in [0.25, 0.3) is 10.6 Å². The summed E-state index contributed by atoms with van der Waals surface area (Å²) >= 11 is 7.01. The lowest BCUT2D eigenvalue weighted by atomic mass is 10.3. The Hall–Kier alpha value is -3.55. The molecule has 0 saturated carbocycles. The van der Waals surface area contributed by atoms with Crippen LogP contribution in [0.15, 0.2) is 70.9 Å². The molecule has 2 aromatic carbocycles. The third-order valence-electron chi connectivity index (χ3n) is 4.77. The van der Waals surface area contributed by atoms with Gasteiger partial charge in [0.2, 0.25) is 0 Å². The molecule has 0 bridgehead atoms. The van der Waals surface area contributed by atoms with E-state index in [1.165, 1.54) is 37.4 Å². The van der Waals surface area contributed by atoms with Crippen LogP contribution in [0.3, 0.4) is 0 Å². The Kier molecular flexibility index (Phi) is 6.98. The van der Waals surface area contributed by atoms with E-state index in [2.05, 4.69) is 20.5 Å². The fraction of sp³-hybridized carbons (Fsp3) is 0.0909. The number of hydrogen-bond acceptors (Lipinski definition) is 5. The number of rotatable bonds is 6. The summed E-state index contributed by atoms with van der Waals surface area (Å²) < 4.78 is 67.8. The van der Waals surface area contributed by atoms with Gasteiger partial charge in [0.15, 0.2) is 5.69 Å². The lowest BCUT2D eigenvalue weighted by Gasteiger charge is -2.11. The third-order valence-corrected chi connectivity index (χ3v) is 8.06. The highest BCUT2D eigenvalue weighted by Gasteiger charge is 2.35. The largest absolute Gasteiger partial charge is 0.435 e. The molecule has 0 fully saturated rings. The third kappa shape index (κ3) is 5.80. The van der Waals surface area contributed by atoms with Gasteiger partial charge in [0.05, 0.1) is 27.0 Å². The molecule has 2 aromatic heterocycles. The highest BCUT2D eigenvalue weighted by molar-refractivity contribution is 7.94. The maximum Gasteiger partial charge on any atom is 0.435 e. The van der Waals surface area contributed by atoms with Gasteiger partial charge in [0, 0.05) is 12.7 Å². The minimum atomic E-state index is -4.62. The Labute approximate surface area is 212 Å². The Balaban J connectivity index is 1.47. The van der Waals surface area contributed by atoms with Gasteiger partial charge < -0.3 is 10.6 Å². The topological polar surface area (TPSA) is 105 Å². The molecule has 0 atom stereocenters. The van der Waals surface area contributed by atoms with Gasteiger partial charge in [-0.2, -0.15) is 18.3 Å². The number of amides is 2. The van der Waals surface area contributed by atoms with Crippen LogP contribution in [0.5, 0.6) is 0 Å². The molecule has 14 heteroatoms. The zero-order valence-electron chi connectivity index (χ0n) is 18.3. The first-order chi connectivity index (χ1) is 16.9. The monoisotopic (exact) mass is 555 g/mol. The number of alkyl halides is 3. The van der Waals surface area contributed by atoms with Crippen LogP contribution in [0.4, 0.5) is 35.0 Å². The predicted octanol–water partition coefficient (Wildman–Crippen LogP) is 6.27. The van der Waals surface area contributed by atoms with Gasteiger partial charge in [0.1, 0.15) is 4.21 Å². The van der Waals surface area contributed by atoms with Crippen LogP contribution in [0, 0.1) is 0 Å². The maximum absolute atomic E-state index is 12.9. The summed E-state index contributed by atoms with van der Waals surface area (Å²) in [7, 11) is -2.73. The van der Waals surface area contributed by atoms with Crippen molar-refractivity contribution in [1.82, 2.24) is 9.78 Å². The molecule has 0 radical (unpaired) electrons. The summed E-state index contributed by atoms with van der Waals surface area (Å²) in [5, 5.41) is 8.73. The molecule has 36 heavy (non-hydrogen) atoms. The standard InChI is InChI=1S/C22H17ClF3N5O3S2/c1-31-17(12-19(29-31)22(24,25)26)18-9-10-20(35-18)36(33,34)30-14-7-8-16(15(23)11-14)28-21(32)27-13-5-3-2-4-6-13/h2-12,30H,1H3,(H2,27,28,32). The normalized spacial score (nSPS) is 11.8. The fourth-order valence-corrected chi connectivity index (χ4v) is 5.76. The van der Waals surface area contributed by atoms with Crippen molar-refractivity contribution in [2.24, 2.45) is 7.05 Å². The smallest absolute Gasteiger partial charge is 0.308 e. The van der Waals surface area contributed by atoms with Crippen molar-refractivity contribution in [3.63, 3.8) is 0 Å². The highest BCUT2D eigenvalue weighted by atomic mass is 35.5. The number of nitrogens with one attached hydrogen (secondary N) is 3. The Bertz CT molecular complexity index is 1520. The Morgan fingerprint density at radius 1 is 1.00 bits per heavy atom. The number of urea groups is 1. The molecule has 2 amide bonds. The van der Waals surface area contributed by atoms with Crippen molar-refractivity contribution in [2.75, 3.05) is 15.4 Å². The van der Waals surface area contributed by atoms with Gasteiger partial charge in [0.25, 0.3) is 10.0 Å². The van der Waals surface area contributed by atoms with Crippen LogP contribution in [-0.2, 0) is 23.2 Å². The van der Waals surface area contributed by atoms with Crippen molar-refractivity contribution >= 4 is 56.1 Å². The quantitative estimate of drug-likeness (QED) is 0.261. The number of sulfonamides is 1. The summed E-state index contributed by atoms with van der Waals surface area (Å²) in [6, 6.07) is 15.9. The fourth-order valence-electron chi connectivity index (χ4n) is 3.13. The van der Waals surface area contributed by atoms with Gasteiger partial charge in [-0.25, -0.2) is 13.2 Å². The molecule has 8 nitrogen and oxygen atoms in total. The first-order valence-corrected chi connectivity index (χ1v) is 12.8. The first-order valence-electron chi connectivity index (χ1n) is 10.1. The lowest BCUT2D eigenvalue weighted by Crippen LogP contribution is -2.19. The van der Waals surface area contributed by atoms with E-state index in [0.29, 0.717) is 10.6 Å². The summed E-state index contributed by atoms with van der Waals surface area (Å²) in [4.78, 5) is 12.5. The van der Waals surface area contributed by atoms with Crippen LogP contribution < -0.4 is 15.4 Å². The molecule has 3 N–H and O–H groups in total. The summed E-state index contributed by atoms with van der Waals surface area (Å²) in [5.41, 5.74) is 0.0105. The minimum absolute atomic E-state index is 0.0832. The van der Waals surface area contributed by atoms with E-state index < -0.39 is 27.9 Å². The van der Waals surface area contributed by atoms with Crippen LogP contribution in [0.2, 0.25) is 5.02 Å². The first kappa shape index (κ1) is 25.5. The van der Waals surface area contributed by atoms with Gasteiger partial charge in [-0.15, -0.1) is 11.3 Å². The van der Waals surface area contributed by atoms with Gasteiger partial charge >= 0.3 is 12.2 Å². The van der Waals surface area contributed by atoms with Crippen molar-refractivity contribution in [3.05, 3.63) is 77.4 Å². The number of halogens is 4. The van der Waals surface area contributed by atoms with E-state index in [4.69, 9.17) is 11.6 Å². The Morgan fingerprint density at radius 2 is 1.72 bits per heavy atom. The summed E-state index contributed by atoms with van der Waals surface area (Å²) in [6.07, 6.45) is -4.62. The van der Waals surface area contributed by atoms with E-state index in [1.54, 1.807) is 30.3 Å². The van der Waals surface area contributed by atoms with Crippen LogP contribution >= 0.6 is 22.9 Å². The van der Waals surface area contributed by atoms with E-state index >= 15 is 0 Å². The molecule has 0 aliphatic carbocycles. The molecular weight excluding hydrogens is 539 g/mol. The number of para-hydroxylation sites is 1. The Morgan fingerprint density at radius 3 is 2.36 bits per heavy atom. The summed E-state index contributed by atoms with van der Waals surface area (Å²) in [6.45, 7) is 0. The number of nitrogens with zero attached hydrogens (tertiary/aromatic N) is 2. The van der Waals surface area contributed by atoms with E-state index in [1.807, 2.05) is 0 Å². The average molecular weight is 556 g/mol. The highest BCUT2D eigenvalue weighted by Crippen LogP contribution is 2.36. The van der Waals surface area contributed by atoms with Crippen LogP contribution in [0.1, 0.15) is 5.69 Å². The summed E-state index contributed by atoms with van der Waals surface area (Å²) in [5.74, 6) is 0. The van der Waals surface area contributed by atoms with Crippen molar-refractivity contribution in [1.29, 1.82) is 0 Å². The lowest BCUT2D eigenvalue weighted by molar-refractivity contribution is -0.141. The average Bonchev–Trinajstić information content (AvgIpc) is 3.43. The molecule has 4 rings (SSSR count). The number of hydrogen-bond donors (Lipinski definition) is 3. The second kappa shape index (κ2) is 9.84. The maximum atomic E-state index is 12.9. The van der Waals surface area contributed by atoms with Gasteiger partial charge in [-0.1, -0.05) is 29.8 Å². The predicted molar refractivity (Wildman–Crippen MR) is 133 cm³/mol. The molecular formula is C22H17ClF3N5O3S2. The second-order valence-electron chi connectivity index (χ2n) is 7.40. The van der Waals surface area contributed by atoms with Crippen molar-refractivity contribution in [2.45, 2.75) is 10.4 Å². The molecule has 0 unspecified atom stereocenters. The zero-order chi connectivity index (χ0) is 26.1. The van der Waals surface area contributed by atoms with Crippen molar-refractivity contribution in [3.8, 4) is 10.6 Å². The molecule has 0 aliphatic rings. The van der Waals surface area contributed by atoms with Crippen LogP contribution in [-0.4, -0.2) is 24.2 Å². The molecule has 0 saturated heterocycles. The molecule has 4 aromatic rings. The minimum Gasteiger partial charge on any atom is -0.308 e. The number of anilines is 3. The number of benzene rings is 2. The number of carbonyl (C=O) groups excluding carboxylic acids is 1.